The van der Waals surface area contributed by atoms with Crippen LogP contribution in [0, 0.1) is 0 Å². The van der Waals surface area contributed by atoms with Gasteiger partial charge in [-0.15, -0.1) is 0 Å². The molecule has 0 unspecified atom stereocenters. The molecule has 30 heavy (non-hydrogen) atoms. The Bertz CT molecular complexity index is 962. The summed E-state index contributed by atoms with van der Waals surface area (Å²) in [5, 5.41) is 6.58. The van der Waals surface area contributed by atoms with Gasteiger partial charge in [-0.3, -0.25) is 4.99 Å². The van der Waals surface area contributed by atoms with Crippen molar-refractivity contribution in [2.24, 2.45) is 4.99 Å². The third-order valence-corrected chi connectivity index (χ3v) is 6.48. The van der Waals surface area contributed by atoms with E-state index in [-0.39, 0.29) is 10.3 Å². The molecule has 0 radical (unpaired) electrons. The van der Waals surface area contributed by atoms with Gasteiger partial charge in [0.1, 0.15) is 0 Å². The zero-order valence-corrected chi connectivity index (χ0v) is 19.6. The Balaban J connectivity index is 2.08. The number of hydrogen-bond donors (Lipinski definition) is 3. The van der Waals surface area contributed by atoms with Crippen LogP contribution in [0.3, 0.4) is 0 Å². The Kier molecular flexibility index (Phi) is 7.66. The van der Waals surface area contributed by atoms with Gasteiger partial charge in [-0.1, -0.05) is 62.4 Å². The van der Waals surface area contributed by atoms with Crippen molar-refractivity contribution in [1.29, 1.82) is 0 Å². The van der Waals surface area contributed by atoms with Crippen LogP contribution in [0.5, 0.6) is 0 Å². The summed E-state index contributed by atoms with van der Waals surface area (Å²) in [4.78, 5) is 4.55. The number of benzene rings is 2. The second-order valence-electron chi connectivity index (χ2n) is 8.99. The lowest BCUT2D eigenvalue weighted by molar-refractivity contribution is 0.491. The summed E-state index contributed by atoms with van der Waals surface area (Å²) in [6.07, 6.45) is 0. The van der Waals surface area contributed by atoms with E-state index in [2.05, 4.69) is 46.3 Å². The highest BCUT2D eigenvalue weighted by Crippen LogP contribution is 2.22. The van der Waals surface area contributed by atoms with E-state index >= 15 is 0 Å². The number of sulfonamides is 1. The highest BCUT2D eigenvalue weighted by Gasteiger charge is 2.24. The molecule has 0 heterocycles. The van der Waals surface area contributed by atoms with Gasteiger partial charge in [0.25, 0.3) is 0 Å². The quantitative estimate of drug-likeness (QED) is 0.464. The van der Waals surface area contributed by atoms with Crippen molar-refractivity contribution in [2.45, 2.75) is 57.0 Å². The highest BCUT2D eigenvalue weighted by atomic mass is 32.2. The fourth-order valence-electron chi connectivity index (χ4n) is 3.07. The minimum atomic E-state index is -3.63. The first kappa shape index (κ1) is 23.9. The summed E-state index contributed by atoms with van der Waals surface area (Å²) in [6, 6.07) is 17.3. The van der Waals surface area contributed by atoms with E-state index in [4.69, 9.17) is 0 Å². The van der Waals surface area contributed by atoms with E-state index < -0.39 is 15.6 Å². The number of rotatable bonds is 7. The first-order chi connectivity index (χ1) is 13.9. The summed E-state index contributed by atoms with van der Waals surface area (Å²) < 4.78 is 28.3. The number of aliphatic imine (C=N–C) groups is 1. The topological polar surface area (TPSA) is 82.6 Å². The van der Waals surface area contributed by atoms with Crippen molar-refractivity contribution in [1.82, 2.24) is 15.4 Å². The fraction of sp³-hybridized carbons (Fsp3) is 0.435. The van der Waals surface area contributed by atoms with Gasteiger partial charge < -0.3 is 10.6 Å². The highest BCUT2D eigenvalue weighted by molar-refractivity contribution is 7.89. The van der Waals surface area contributed by atoms with Gasteiger partial charge in [-0.2, -0.15) is 0 Å². The second kappa shape index (κ2) is 9.62. The van der Waals surface area contributed by atoms with Crippen molar-refractivity contribution in [2.75, 3.05) is 13.6 Å². The Morgan fingerprint density at radius 1 is 0.900 bits per heavy atom. The van der Waals surface area contributed by atoms with Crippen LogP contribution in [0.4, 0.5) is 0 Å². The Morgan fingerprint density at radius 3 is 2.10 bits per heavy atom. The predicted molar refractivity (Wildman–Crippen MR) is 124 cm³/mol. The fourth-order valence-corrected chi connectivity index (χ4v) is 4.73. The molecule has 7 heteroatoms. The molecule has 0 spiro atoms. The maximum absolute atomic E-state index is 12.8. The maximum Gasteiger partial charge on any atom is 0.241 e. The second-order valence-corrected chi connectivity index (χ2v) is 10.6. The zero-order valence-electron chi connectivity index (χ0n) is 18.8. The van der Waals surface area contributed by atoms with E-state index in [9.17, 15) is 8.42 Å². The lowest BCUT2D eigenvalue weighted by Gasteiger charge is -2.27. The van der Waals surface area contributed by atoms with Gasteiger partial charge in [0.05, 0.1) is 4.90 Å². The molecule has 0 aliphatic heterocycles. The van der Waals surface area contributed by atoms with E-state index in [1.54, 1.807) is 19.2 Å². The number of guanidine groups is 1. The van der Waals surface area contributed by atoms with Crippen LogP contribution in [-0.2, 0) is 22.0 Å². The molecule has 0 bridgehead atoms. The van der Waals surface area contributed by atoms with Gasteiger partial charge in [0.15, 0.2) is 5.96 Å². The molecule has 3 N–H and O–H groups in total. The van der Waals surface area contributed by atoms with Gasteiger partial charge in [-0.25, -0.2) is 13.1 Å². The molecule has 0 saturated heterocycles. The van der Waals surface area contributed by atoms with Gasteiger partial charge in [-0.05, 0) is 38.0 Å². The molecule has 0 aliphatic carbocycles. The van der Waals surface area contributed by atoms with Crippen LogP contribution in [-0.4, -0.2) is 33.5 Å². The summed E-state index contributed by atoms with van der Waals surface area (Å²) in [5.74, 6) is 0.620. The molecule has 0 aromatic heterocycles. The van der Waals surface area contributed by atoms with Crippen LogP contribution < -0.4 is 15.4 Å². The molecule has 6 nitrogen and oxygen atoms in total. The summed E-state index contributed by atoms with van der Waals surface area (Å²) in [7, 11) is -1.92. The average Bonchev–Trinajstić information content (AvgIpc) is 2.67. The molecule has 2 aromatic rings. The summed E-state index contributed by atoms with van der Waals surface area (Å²) in [6.45, 7) is 10.8. The third kappa shape index (κ3) is 6.85. The van der Waals surface area contributed by atoms with Gasteiger partial charge in [0, 0.05) is 31.1 Å². The molecule has 0 atom stereocenters. The predicted octanol–water partition coefficient (Wildman–Crippen LogP) is 3.41. The Morgan fingerprint density at radius 2 is 1.50 bits per heavy atom. The molecule has 0 amide bonds. The standard InChI is InChI=1S/C23H34N4O2S/c1-22(2,3)27-30(28,29)20-15-11-10-12-18(20)16-25-21(24-6)26-17-23(4,5)19-13-8-7-9-14-19/h7-15,27H,16-17H2,1-6H3,(H2,24,25,26). The molecule has 0 fully saturated rings. The molecule has 2 rings (SSSR count). The SMILES string of the molecule is CN=C(NCc1ccccc1S(=O)(=O)NC(C)(C)C)NCC(C)(C)c1ccccc1. The van der Waals surface area contributed by atoms with E-state index in [0.717, 1.165) is 0 Å². The number of nitrogens with zero attached hydrogens (tertiary/aromatic N) is 1. The van der Waals surface area contributed by atoms with Crippen LogP contribution >= 0.6 is 0 Å². The Hall–Kier alpha value is -2.38. The van der Waals surface area contributed by atoms with E-state index in [1.165, 1.54) is 5.56 Å². The van der Waals surface area contributed by atoms with Crippen molar-refractivity contribution < 1.29 is 8.42 Å². The first-order valence-electron chi connectivity index (χ1n) is 10.1. The van der Waals surface area contributed by atoms with Crippen LogP contribution in [0.2, 0.25) is 0 Å². The summed E-state index contributed by atoms with van der Waals surface area (Å²) >= 11 is 0. The molecular formula is C23H34N4O2S. The largest absolute Gasteiger partial charge is 0.356 e. The summed E-state index contributed by atoms with van der Waals surface area (Å²) in [5.41, 5.74) is 1.27. The van der Waals surface area contributed by atoms with Crippen molar-refractivity contribution >= 4 is 16.0 Å². The van der Waals surface area contributed by atoms with Crippen molar-refractivity contribution in [3.63, 3.8) is 0 Å². The maximum atomic E-state index is 12.8. The molecular weight excluding hydrogens is 396 g/mol. The molecule has 0 aliphatic rings. The minimum absolute atomic E-state index is 0.0866. The Labute approximate surface area is 181 Å². The molecule has 0 saturated carbocycles. The first-order valence-corrected chi connectivity index (χ1v) is 11.5. The van der Waals surface area contributed by atoms with Gasteiger partial charge in [0.2, 0.25) is 10.0 Å². The van der Waals surface area contributed by atoms with E-state index in [0.29, 0.717) is 24.6 Å². The molecule has 164 valence electrons. The zero-order chi connectivity index (χ0) is 22.4. The van der Waals surface area contributed by atoms with Crippen LogP contribution in [0.25, 0.3) is 0 Å². The lowest BCUT2D eigenvalue weighted by atomic mass is 9.85. The third-order valence-electron chi connectivity index (χ3n) is 4.63. The number of nitrogens with one attached hydrogen (secondary N) is 3. The smallest absolute Gasteiger partial charge is 0.241 e. The number of hydrogen-bond acceptors (Lipinski definition) is 3. The normalized spacial score (nSPS) is 13.2. The average molecular weight is 431 g/mol. The van der Waals surface area contributed by atoms with Crippen LogP contribution in [0.1, 0.15) is 45.7 Å². The minimum Gasteiger partial charge on any atom is -0.356 e. The lowest BCUT2D eigenvalue weighted by Crippen LogP contribution is -2.43. The van der Waals surface area contributed by atoms with Crippen molar-refractivity contribution in [3.05, 3.63) is 65.7 Å². The van der Waals surface area contributed by atoms with Crippen molar-refractivity contribution in [3.8, 4) is 0 Å². The van der Waals surface area contributed by atoms with Crippen LogP contribution in [0.15, 0.2) is 64.5 Å². The molecule has 2 aromatic carbocycles. The monoisotopic (exact) mass is 430 g/mol. The van der Waals surface area contributed by atoms with Gasteiger partial charge >= 0.3 is 0 Å². The van der Waals surface area contributed by atoms with E-state index in [1.807, 2.05) is 51.1 Å².